The molecule has 0 aromatic carbocycles. The van der Waals surface area contributed by atoms with Crippen LogP contribution in [0.25, 0.3) is 0 Å². The number of aryl methyl sites for hydroxylation is 1. The van der Waals surface area contributed by atoms with Gasteiger partial charge in [0, 0.05) is 0 Å². The molecule has 1 aliphatic rings. The number of nitrogens with zero attached hydrogens (tertiary/aromatic N) is 2. The summed E-state index contributed by atoms with van der Waals surface area (Å²) in [6.45, 7) is 4.63. The van der Waals surface area contributed by atoms with Crippen molar-refractivity contribution < 1.29 is 9.84 Å². The molecule has 5 heteroatoms. The van der Waals surface area contributed by atoms with Gasteiger partial charge in [0.1, 0.15) is 12.1 Å². The van der Waals surface area contributed by atoms with Crippen LogP contribution in [0.1, 0.15) is 17.4 Å². The van der Waals surface area contributed by atoms with Crippen molar-refractivity contribution in [2.45, 2.75) is 26.0 Å². The van der Waals surface area contributed by atoms with Crippen molar-refractivity contribution in [3.63, 3.8) is 0 Å². The highest BCUT2D eigenvalue weighted by atomic mass is 35.5. The number of aromatic nitrogens is 2. The van der Waals surface area contributed by atoms with Crippen LogP contribution in [0.5, 0.6) is 0 Å². The zero-order chi connectivity index (χ0) is 10.3. The average Bonchev–Trinajstić information content (AvgIpc) is 2.66. The van der Waals surface area contributed by atoms with Crippen molar-refractivity contribution in [1.82, 2.24) is 9.78 Å². The van der Waals surface area contributed by atoms with E-state index in [1.54, 1.807) is 4.68 Å². The van der Waals surface area contributed by atoms with Gasteiger partial charge in [-0.25, -0.2) is 0 Å². The van der Waals surface area contributed by atoms with Crippen molar-refractivity contribution in [2.75, 3.05) is 13.2 Å². The summed E-state index contributed by atoms with van der Waals surface area (Å²) in [4.78, 5) is 0. The molecule has 2 rings (SSSR count). The van der Waals surface area contributed by atoms with Crippen molar-refractivity contribution in [3.05, 3.63) is 16.4 Å². The van der Waals surface area contributed by atoms with Gasteiger partial charge in [-0.1, -0.05) is 11.6 Å². The quantitative estimate of drug-likeness (QED) is 0.765. The summed E-state index contributed by atoms with van der Waals surface area (Å²) in [7, 11) is 0. The van der Waals surface area contributed by atoms with Gasteiger partial charge in [0.05, 0.1) is 29.6 Å². The normalized spacial score (nSPS) is 27.1. The van der Waals surface area contributed by atoms with Crippen molar-refractivity contribution in [3.8, 4) is 0 Å². The summed E-state index contributed by atoms with van der Waals surface area (Å²) >= 11 is 6.02. The molecule has 0 bridgehead atoms. The van der Waals surface area contributed by atoms with Gasteiger partial charge in [-0.3, -0.25) is 4.68 Å². The smallest absolute Gasteiger partial charge is 0.104 e. The first-order valence-electron chi connectivity index (χ1n) is 4.58. The Balaban J connectivity index is 2.36. The Morgan fingerprint density at radius 2 is 2.21 bits per heavy atom. The molecule has 0 radical (unpaired) electrons. The van der Waals surface area contributed by atoms with Crippen LogP contribution in [0.4, 0.5) is 0 Å². The number of ether oxygens (including phenoxy) is 1. The van der Waals surface area contributed by atoms with Gasteiger partial charge < -0.3 is 9.84 Å². The molecule has 2 heterocycles. The van der Waals surface area contributed by atoms with Crippen LogP contribution in [0.15, 0.2) is 0 Å². The molecule has 2 unspecified atom stereocenters. The van der Waals surface area contributed by atoms with Gasteiger partial charge in [0.15, 0.2) is 0 Å². The van der Waals surface area contributed by atoms with Crippen LogP contribution in [0, 0.1) is 13.8 Å². The fourth-order valence-corrected chi connectivity index (χ4v) is 1.86. The van der Waals surface area contributed by atoms with E-state index in [4.69, 9.17) is 16.3 Å². The summed E-state index contributed by atoms with van der Waals surface area (Å²) < 4.78 is 6.93. The van der Waals surface area contributed by atoms with Crippen molar-refractivity contribution in [2.24, 2.45) is 0 Å². The van der Waals surface area contributed by atoms with Crippen molar-refractivity contribution in [1.29, 1.82) is 0 Å². The minimum Gasteiger partial charge on any atom is -0.388 e. The molecule has 0 aliphatic carbocycles. The SMILES string of the molecule is Cc1nn(C2COCC2O)c(C)c1Cl. The zero-order valence-corrected chi connectivity index (χ0v) is 8.95. The van der Waals surface area contributed by atoms with Crippen LogP contribution in [-0.2, 0) is 4.74 Å². The van der Waals surface area contributed by atoms with Crippen LogP contribution in [0.3, 0.4) is 0 Å². The third-order valence-electron chi connectivity index (χ3n) is 2.57. The molecule has 78 valence electrons. The molecule has 0 spiro atoms. The Hall–Kier alpha value is -0.580. The standard InChI is InChI=1S/C9H13ClN2O2/c1-5-9(10)6(2)12(11-5)7-3-14-4-8(7)13/h7-8,13H,3-4H2,1-2H3. The molecular weight excluding hydrogens is 204 g/mol. The average molecular weight is 217 g/mol. The molecule has 1 aromatic rings. The third kappa shape index (κ3) is 1.43. The Bertz CT molecular complexity index is 351. The molecule has 1 aliphatic heterocycles. The second-order valence-electron chi connectivity index (χ2n) is 3.60. The van der Waals surface area contributed by atoms with Gasteiger partial charge in [-0.15, -0.1) is 0 Å². The lowest BCUT2D eigenvalue weighted by Gasteiger charge is -2.14. The van der Waals surface area contributed by atoms with Crippen LogP contribution >= 0.6 is 11.6 Å². The second kappa shape index (κ2) is 3.53. The lowest BCUT2D eigenvalue weighted by Crippen LogP contribution is -2.24. The van der Waals surface area contributed by atoms with Gasteiger partial charge >= 0.3 is 0 Å². The summed E-state index contributed by atoms with van der Waals surface area (Å²) in [6.07, 6.45) is -0.482. The predicted octanol–water partition coefficient (Wildman–Crippen LogP) is 1.09. The van der Waals surface area contributed by atoms with E-state index in [1.165, 1.54) is 0 Å². The van der Waals surface area contributed by atoms with E-state index in [0.29, 0.717) is 18.2 Å². The highest BCUT2D eigenvalue weighted by molar-refractivity contribution is 6.31. The first-order chi connectivity index (χ1) is 6.61. The molecule has 1 saturated heterocycles. The number of aliphatic hydroxyl groups is 1. The fraction of sp³-hybridized carbons (Fsp3) is 0.667. The molecule has 2 atom stereocenters. The molecule has 1 aromatic heterocycles. The summed E-state index contributed by atoms with van der Waals surface area (Å²) in [5, 5.41) is 14.6. The Labute approximate surface area is 87.4 Å². The maximum atomic E-state index is 9.64. The predicted molar refractivity (Wildman–Crippen MR) is 52.6 cm³/mol. The largest absolute Gasteiger partial charge is 0.388 e. The minimum absolute atomic E-state index is 0.0961. The monoisotopic (exact) mass is 216 g/mol. The van der Waals surface area contributed by atoms with Gasteiger partial charge in [-0.2, -0.15) is 5.10 Å². The van der Waals surface area contributed by atoms with E-state index in [-0.39, 0.29) is 6.04 Å². The van der Waals surface area contributed by atoms with Gasteiger partial charge in [0.25, 0.3) is 0 Å². The van der Waals surface area contributed by atoms with E-state index in [0.717, 1.165) is 11.4 Å². The van der Waals surface area contributed by atoms with Crippen molar-refractivity contribution >= 4 is 11.6 Å². The molecule has 4 nitrogen and oxygen atoms in total. The number of halogens is 1. The first kappa shape index (κ1) is 9.96. The van der Waals surface area contributed by atoms with Gasteiger partial charge in [-0.05, 0) is 13.8 Å². The highest BCUT2D eigenvalue weighted by Crippen LogP contribution is 2.26. The number of hydrogen-bond acceptors (Lipinski definition) is 3. The second-order valence-corrected chi connectivity index (χ2v) is 3.98. The van der Waals surface area contributed by atoms with E-state index in [2.05, 4.69) is 5.10 Å². The molecule has 1 fully saturated rings. The van der Waals surface area contributed by atoms with Gasteiger partial charge in [0.2, 0.25) is 0 Å². The highest BCUT2D eigenvalue weighted by Gasteiger charge is 2.30. The summed E-state index contributed by atoms with van der Waals surface area (Å²) in [5.41, 5.74) is 1.68. The minimum atomic E-state index is -0.482. The third-order valence-corrected chi connectivity index (χ3v) is 3.12. The lowest BCUT2D eigenvalue weighted by atomic mass is 10.2. The molecular formula is C9H13ClN2O2. The fourth-order valence-electron chi connectivity index (χ4n) is 1.73. The van der Waals surface area contributed by atoms with Crippen LogP contribution in [-0.4, -0.2) is 34.2 Å². The summed E-state index contributed by atoms with van der Waals surface area (Å²) in [5.74, 6) is 0. The topological polar surface area (TPSA) is 47.3 Å². The maximum Gasteiger partial charge on any atom is 0.104 e. The first-order valence-corrected chi connectivity index (χ1v) is 4.96. The Morgan fingerprint density at radius 3 is 2.64 bits per heavy atom. The Kier molecular flexibility index (Phi) is 2.51. The molecule has 14 heavy (non-hydrogen) atoms. The van der Waals surface area contributed by atoms with E-state index in [9.17, 15) is 5.11 Å². The molecule has 1 N–H and O–H groups in total. The van der Waals surface area contributed by atoms with Crippen LogP contribution < -0.4 is 0 Å². The Morgan fingerprint density at radius 1 is 1.50 bits per heavy atom. The number of rotatable bonds is 1. The van der Waals surface area contributed by atoms with E-state index in [1.807, 2.05) is 13.8 Å². The molecule has 0 amide bonds. The number of hydrogen-bond donors (Lipinski definition) is 1. The van der Waals surface area contributed by atoms with E-state index < -0.39 is 6.10 Å². The number of aliphatic hydroxyl groups excluding tert-OH is 1. The zero-order valence-electron chi connectivity index (χ0n) is 8.20. The van der Waals surface area contributed by atoms with Crippen LogP contribution in [0.2, 0.25) is 5.02 Å². The maximum absolute atomic E-state index is 9.64. The lowest BCUT2D eigenvalue weighted by molar-refractivity contribution is 0.117. The molecule has 0 saturated carbocycles. The summed E-state index contributed by atoms with van der Waals surface area (Å²) in [6, 6.07) is -0.0961. The van der Waals surface area contributed by atoms with E-state index >= 15 is 0 Å².